The number of rotatable bonds is 3. The van der Waals surface area contributed by atoms with Gasteiger partial charge in [-0.2, -0.15) is 5.10 Å². The zero-order valence-corrected chi connectivity index (χ0v) is 8.84. The average Bonchev–Trinajstić information content (AvgIpc) is 2.53. The molecule has 0 fully saturated rings. The molecule has 5 nitrogen and oxygen atoms in total. The quantitative estimate of drug-likeness (QED) is 0.817. The molecule has 2 rings (SSSR count). The maximum absolute atomic E-state index is 10.5. The van der Waals surface area contributed by atoms with Crippen molar-refractivity contribution >= 4 is 16.9 Å². The van der Waals surface area contributed by atoms with Gasteiger partial charge in [-0.3, -0.25) is 9.48 Å². The molecular weight excluding hydrogens is 208 g/mol. The predicted octanol–water partition coefficient (Wildman–Crippen LogP) is 1.30. The van der Waals surface area contributed by atoms with Crippen molar-refractivity contribution in [1.82, 2.24) is 9.78 Å². The number of fused-ring (bicyclic) bond motifs is 1. The van der Waals surface area contributed by atoms with Crippen LogP contribution in [0, 0.1) is 0 Å². The van der Waals surface area contributed by atoms with Crippen LogP contribution in [0.15, 0.2) is 18.2 Å². The Morgan fingerprint density at radius 3 is 2.94 bits per heavy atom. The zero-order valence-electron chi connectivity index (χ0n) is 8.84. The molecule has 1 heterocycles. The first-order chi connectivity index (χ1) is 7.59. The minimum absolute atomic E-state index is 0.0598. The van der Waals surface area contributed by atoms with Gasteiger partial charge >= 0.3 is 5.97 Å². The molecule has 0 unspecified atom stereocenters. The van der Waals surface area contributed by atoms with Crippen molar-refractivity contribution in [2.24, 2.45) is 7.05 Å². The Labute approximate surface area is 91.9 Å². The maximum Gasteiger partial charge on any atom is 0.303 e. The van der Waals surface area contributed by atoms with Crippen LogP contribution in [-0.2, 0) is 18.3 Å². The number of hydrogen-bond donors (Lipinski definition) is 2. The van der Waals surface area contributed by atoms with E-state index in [2.05, 4.69) is 5.10 Å². The third-order valence-electron chi connectivity index (χ3n) is 2.54. The van der Waals surface area contributed by atoms with Crippen LogP contribution in [0.3, 0.4) is 0 Å². The van der Waals surface area contributed by atoms with Crippen molar-refractivity contribution in [1.29, 1.82) is 0 Å². The molecule has 0 saturated carbocycles. The van der Waals surface area contributed by atoms with E-state index in [0.717, 1.165) is 11.1 Å². The molecule has 0 saturated heterocycles. The van der Waals surface area contributed by atoms with Gasteiger partial charge in [-0.1, -0.05) is 12.1 Å². The molecule has 0 aliphatic rings. The van der Waals surface area contributed by atoms with Crippen LogP contribution in [0.25, 0.3) is 10.9 Å². The van der Waals surface area contributed by atoms with Crippen molar-refractivity contribution in [3.05, 3.63) is 23.9 Å². The number of aromatic hydroxyl groups is 1. The van der Waals surface area contributed by atoms with Gasteiger partial charge < -0.3 is 10.2 Å². The van der Waals surface area contributed by atoms with E-state index >= 15 is 0 Å². The van der Waals surface area contributed by atoms with Gasteiger partial charge in [0.2, 0.25) is 0 Å². The smallest absolute Gasteiger partial charge is 0.303 e. The number of benzene rings is 1. The van der Waals surface area contributed by atoms with Crippen molar-refractivity contribution in [3.8, 4) is 5.75 Å². The molecule has 1 aromatic heterocycles. The van der Waals surface area contributed by atoms with Gasteiger partial charge in [0, 0.05) is 24.5 Å². The number of aryl methyl sites for hydroxylation is 2. The number of carboxylic acid groups (broad SMARTS) is 1. The van der Waals surface area contributed by atoms with Crippen LogP contribution >= 0.6 is 0 Å². The molecule has 0 radical (unpaired) electrons. The first-order valence-corrected chi connectivity index (χ1v) is 4.95. The molecule has 2 N–H and O–H groups in total. The van der Waals surface area contributed by atoms with Gasteiger partial charge in [0.15, 0.2) is 0 Å². The number of phenolic OH excluding ortho intramolecular Hbond substituents is 1. The summed E-state index contributed by atoms with van der Waals surface area (Å²) in [5, 5.41) is 23.2. The van der Waals surface area contributed by atoms with Gasteiger partial charge in [-0.15, -0.1) is 0 Å². The fourth-order valence-corrected chi connectivity index (χ4v) is 1.78. The minimum atomic E-state index is -0.838. The molecule has 0 aliphatic heterocycles. The summed E-state index contributed by atoms with van der Waals surface area (Å²) in [7, 11) is 1.75. The Bertz CT molecular complexity index is 545. The molecule has 5 heteroatoms. The van der Waals surface area contributed by atoms with Gasteiger partial charge in [-0.25, -0.2) is 0 Å². The van der Waals surface area contributed by atoms with Crippen molar-refractivity contribution in [2.45, 2.75) is 12.8 Å². The van der Waals surface area contributed by atoms with E-state index in [4.69, 9.17) is 5.11 Å². The van der Waals surface area contributed by atoms with Gasteiger partial charge in [0.25, 0.3) is 0 Å². The van der Waals surface area contributed by atoms with Crippen molar-refractivity contribution in [3.63, 3.8) is 0 Å². The highest BCUT2D eigenvalue weighted by Crippen LogP contribution is 2.26. The Balaban J connectivity index is 2.48. The second kappa shape index (κ2) is 3.84. The highest BCUT2D eigenvalue weighted by Gasteiger charge is 2.12. The lowest BCUT2D eigenvalue weighted by Gasteiger charge is -1.99. The third-order valence-corrected chi connectivity index (χ3v) is 2.54. The second-order valence-corrected chi connectivity index (χ2v) is 3.64. The summed E-state index contributed by atoms with van der Waals surface area (Å²) in [6.45, 7) is 0. The van der Waals surface area contributed by atoms with Gasteiger partial charge in [-0.05, 0) is 6.07 Å². The number of aromatic nitrogens is 2. The van der Waals surface area contributed by atoms with E-state index in [1.807, 2.05) is 6.07 Å². The van der Waals surface area contributed by atoms with E-state index in [-0.39, 0.29) is 12.2 Å². The standard InChI is InChI=1S/C11H12N2O3/c1-13-8(5-6-10(15)16)7-3-2-4-9(14)11(7)12-13/h2-4,14H,5-6H2,1H3,(H,15,16). The van der Waals surface area contributed by atoms with E-state index in [0.29, 0.717) is 11.9 Å². The van der Waals surface area contributed by atoms with E-state index < -0.39 is 5.97 Å². The molecule has 0 atom stereocenters. The van der Waals surface area contributed by atoms with E-state index in [9.17, 15) is 9.90 Å². The monoisotopic (exact) mass is 220 g/mol. The SMILES string of the molecule is Cn1nc2c(O)cccc2c1CCC(=O)O. The summed E-state index contributed by atoms with van der Waals surface area (Å²) >= 11 is 0. The summed E-state index contributed by atoms with van der Waals surface area (Å²) < 4.78 is 1.62. The molecule has 2 aromatic rings. The number of aliphatic carboxylic acids is 1. The summed E-state index contributed by atoms with van der Waals surface area (Å²) in [6, 6.07) is 5.12. The van der Waals surface area contributed by atoms with Crippen LogP contribution in [0.2, 0.25) is 0 Å². The zero-order chi connectivity index (χ0) is 11.7. The van der Waals surface area contributed by atoms with Gasteiger partial charge in [0.1, 0.15) is 11.3 Å². The van der Waals surface area contributed by atoms with E-state index in [1.165, 1.54) is 0 Å². The molecule has 1 aromatic carbocycles. The molecular formula is C11H12N2O3. The normalized spacial score (nSPS) is 10.8. The number of phenols is 1. The minimum Gasteiger partial charge on any atom is -0.506 e. The lowest BCUT2D eigenvalue weighted by atomic mass is 10.1. The van der Waals surface area contributed by atoms with Crippen LogP contribution < -0.4 is 0 Å². The Morgan fingerprint density at radius 2 is 2.25 bits per heavy atom. The summed E-state index contributed by atoms with van der Waals surface area (Å²) in [6.07, 6.45) is 0.468. The average molecular weight is 220 g/mol. The first-order valence-electron chi connectivity index (χ1n) is 4.95. The van der Waals surface area contributed by atoms with Gasteiger partial charge in [0.05, 0.1) is 6.42 Å². The molecule has 0 bridgehead atoms. The maximum atomic E-state index is 10.5. The fraction of sp³-hybridized carbons (Fsp3) is 0.273. The lowest BCUT2D eigenvalue weighted by molar-refractivity contribution is -0.136. The highest BCUT2D eigenvalue weighted by atomic mass is 16.4. The predicted molar refractivity (Wildman–Crippen MR) is 58.3 cm³/mol. The molecule has 0 amide bonds. The lowest BCUT2D eigenvalue weighted by Crippen LogP contribution is -2.03. The summed E-state index contributed by atoms with van der Waals surface area (Å²) in [4.78, 5) is 10.5. The molecule has 0 spiro atoms. The van der Waals surface area contributed by atoms with Crippen LogP contribution in [0.5, 0.6) is 5.75 Å². The van der Waals surface area contributed by atoms with Crippen molar-refractivity contribution < 1.29 is 15.0 Å². The largest absolute Gasteiger partial charge is 0.506 e. The second-order valence-electron chi connectivity index (χ2n) is 3.64. The first kappa shape index (κ1) is 10.5. The Kier molecular flexibility index (Phi) is 2.52. The molecule has 84 valence electrons. The molecule has 0 aliphatic carbocycles. The summed E-state index contributed by atoms with van der Waals surface area (Å²) in [5.41, 5.74) is 1.35. The highest BCUT2D eigenvalue weighted by molar-refractivity contribution is 5.87. The summed E-state index contributed by atoms with van der Waals surface area (Å²) in [5.74, 6) is -0.718. The number of hydrogen-bond acceptors (Lipinski definition) is 3. The van der Waals surface area contributed by atoms with Crippen LogP contribution in [0.1, 0.15) is 12.1 Å². The van der Waals surface area contributed by atoms with Crippen molar-refractivity contribution in [2.75, 3.05) is 0 Å². The third kappa shape index (κ3) is 1.71. The van der Waals surface area contributed by atoms with Crippen LogP contribution in [0.4, 0.5) is 0 Å². The Morgan fingerprint density at radius 1 is 1.50 bits per heavy atom. The number of carbonyl (C=O) groups is 1. The van der Waals surface area contributed by atoms with E-state index in [1.54, 1.807) is 23.9 Å². The van der Waals surface area contributed by atoms with Crippen LogP contribution in [-0.4, -0.2) is 26.0 Å². The molecule has 16 heavy (non-hydrogen) atoms. The topological polar surface area (TPSA) is 75.3 Å². The number of carboxylic acids is 1. The number of nitrogens with zero attached hydrogens (tertiary/aromatic N) is 2. The fourth-order valence-electron chi connectivity index (χ4n) is 1.78. The Hall–Kier alpha value is -2.04.